The first-order valence-electron chi connectivity index (χ1n) is 9.08. The molecule has 7 heteroatoms. The van der Waals surface area contributed by atoms with E-state index in [1.54, 1.807) is 14.2 Å². The molecule has 0 bridgehead atoms. The largest absolute Gasteiger partial charge is 0.493 e. The Labute approximate surface area is 155 Å². The molecule has 0 aromatic heterocycles. The second kappa shape index (κ2) is 10.2. The van der Waals surface area contributed by atoms with E-state index in [0.29, 0.717) is 24.7 Å². The Hall–Kier alpha value is -1.99. The topological polar surface area (TPSA) is 84.3 Å². The third kappa shape index (κ3) is 5.51. The second-order valence-corrected chi connectivity index (χ2v) is 6.51. The number of aliphatic hydroxyl groups excluding tert-OH is 1. The number of benzene rings is 1. The maximum atomic E-state index is 9.35. The van der Waals surface area contributed by atoms with Crippen molar-refractivity contribution < 1.29 is 19.3 Å². The number of rotatable bonds is 9. The Morgan fingerprint density at radius 1 is 1.27 bits per heavy atom. The van der Waals surface area contributed by atoms with Gasteiger partial charge in [-0.05, 0) is 37.5 Å². The van der Waals surface area contributed by atoms with Crippen molar-refractivity contribution in [3.8, 4) is 11.5 Å². The predicted octanol–water partition coefficient (Wildman–Crippen LogP) is 1.55. The molecule has 1 aliphatic rings. The molecule has 1 aromatic rings. The Kier molecular flexibility index (Phi) is 8.00. The molecule has 2 rings (SSSR count). The van der Waals surface area contributed by atoms with Crippen LogP contribution in [0.15, 0.2) is 23.2 Å². The molecule has 146 valence electrons. The van der Waals surface area contributed by atoms with Crippen LogP contribution in [0.2, 0.25) is 0 Å². The minimum atomic E-state index is -0.0196. The van der Waals surface area contributed by atoms with Crippen molar-refractivity contribution in [1.82, 2.24) is 10.6 Å². The van der Waals surface area contributed by atoms with E-state index < -0.39 is 0 Å². The van der Waals surface area contributed by atoms with Gasteiger partial charge in [0.2, 0.25) is 0 Å². The van der Waals surface area contributed by atoms with E-state index in [1.165, 1.54) is 0 Å². The van der Waals surface area contributed by atoms with Crippen LogP contribution < -0.4 is 20.1 Å². The van der Waals surface area contributed by atoms with Crippen LogP contribution in [0.1, 0.15) is 25.3 Å². The molecule has 1 aliphatic heterocycles. The number of nitrogens with zero attached hydrogens (tertiary/aromatic N) is 1. The van der Waals surface area contributed by atoms with Crippen LogP contribution in [0.3, 0.4) is 0 Å². The third-order valence-corrected chi connectivity index (χ3v) is 4.67. The lowest BCUT2D eigenvalue weighted by Gasteiger charge is -2.27. The molecular formula is C19H31N3O4. The van der Waals surface area contributed by atoms with Gasteiger partial charge in [0.15, 0.2) is 17.5 Å². The molecule has 1 fully saturated rings. The molecule has 1 saturated heterocycles. The van der Waals surface area contributed by atoms with Crippen molar-refractivity contribution in [2.75, 3.05) is 47.1 Å². The Morgan fingerprint density at radius 3 is 2.69 bits per heavy atom. The highest BCUT2D eigenvalue weighted by atomic mass is 16.5. The number of aliphatic hydroxyl groups is 1. The minimum Gasteiger partial charge on any atom is -0.493 e. The van der Waals surface area contributed by atoms with Crippen LogP contribution in [0.25, 0.3) is 0 Å². The fourth-order valence-electron chi connectivity index (χ4n) is 3.07. The van der Waals surface area contributed by atoms with Gasteiger partial charge in [-0.15, -0.1) is 0 Å². The molecule has 26 heavy (non-hydrogen) atoms. The molecule has 0 saturated carbocycles. The van der Waals surface area contributed by atoms with Crippen LogP contribution in [-0.2, 0) is 11.3 Å². The summed E-state index contributed by atoms with van der Waals surface area (Å²) in [4.78, 5) is 4.66. The second-order valence-electron chi connectivity index (χ2n) is 6.51. The standard InChI is InChI=1S/C19H31N3O4/c1-4-20-18(22-13-19(7-9-23)8-10-26-14-19)21-12-15-5-6-16(24-2)17(11-15)25-3/h5-6,11,23H,4,7-10,12-14H2,1-3H3,(H2,20,21,22). The number of ether oxygens (including phenoxy) is 3. The van der Waals surface area contributed by atoms with Gasteiger partial charge in [0.1, 0.15) is 0 Å². The van der Waals surface area contributed by atoms with Crippen LogP contribution in [0.4, 0.5) is 0 Å². The first-order chi connectivity index (χ1) is 12.7. The number of guanidine groups is 1. The zero-order chi connectivity index (χ0) is 18.8. The van der Waals surface area contributed by atoms with Crippen molar-refractivity contribution >= 4 is 5.96 Å². The first kappa shape index (κ1) is 20.3. The van der Waals surface area contributed by atoms with Crippen LogP contribution in [0.5, 0.6) is 11.5 Å². The van der Waals surface area contributed by atoms with Gasteiger partial charge in [-0.2, -0.15) is 0 Å². The summed E-state index contributed by atoms with van der Waals surface area (Å²) in [5, 5.41) is 16.0. The van der Waals surface area contributed by atoms with Crippen molar-refractivity contribution in [2.24, 2.45) is 10.4 Å². The third-order valence-electron chi connectivity index (χ3n) is 4.67. The number of hydrogen-bond donors (Lipinski definition) is 3. The van der Waals surface area contributed by atoms with E-state index in [0.717, 1.165) is 44.1 Å². The molecule has 7 nitrogen and oxygen atoms in total. The molecule has 3 N–H and O–H groups in total. The minimum absolute atomic E-state index is 0.0196. The highest BCUT2D eigenvalue weighted by molar-refractivity contribution is 5.79. The van der Waals surface area contributed by atoms with Crippen molar-refractivity contribution in [1.29, 1.82) is 0 Å². The van der Waals surface area contributed by atoms with Crippen LogP contribution in [-0.4, -0.2) is 58.2 Å². The molecule has 0 amide bonds. The Morgan fingerprint density at radius 2 is 2.08 bits per heavy atom. The van der Waals surface area contributed by atoms with Gasteiger partial charge in [-0.3, -0.25) is 0 Å². The number of aliphatic imine (C=N–C) groups is 1. The molecule has 0 aliphatic carbocycles. The quantitative estimate of drug-likeness (QED) is 0.455. The summed E-state index contributed by atoms with van der Waals surface area (Å²) >= 11 is 0. The van der Waals surface area contributed by atoms with E-state index in [-0.39, 0.29) is 12.0 Å². The molecular weight excluding hydrogens is 334 g/mol. The summed E-state index contributed by atoms with van der Waals surface area (Å²) in [5.74, 6) is 2.16. The molecule has 1 aromatic carbocycles. The van der Waals surface area contributed by atoms with E-state index in [1.807, 2.05) is 25.1 Å². The van der Waals surface area contributed by atoms with Crippen molar-refractivity contribution in [2.45, 2.75) is 26.3 Å². The van der Waals surface area contributed by atoms with Gasteiger partial charge in [-0.25, -0.2) is 4.99 Å². The summed E-state index contributed by atoms with van der Waals surface area (Å²) in [5.41, 5.74) is 1.02. The monoisotopic (exact) mass is 365 g/mol. The average molecular weight is 365 g/mol. The van der Waals surface area contributed by atoms with Gasteiger partial charge in [0, 0.05) is 31.7 Å². The maximum Gasteiger partial charge on any atom is 0.191 e. The molecule has 0 spiro atoms. The fraction of sp³-hybridized carbons (Fsp3) is 0.632. The zero-order valence-corrected chi connectivity index (χ0v) is 16.0. The van der Waals surface area contributed by atoms with Gasteiger partial charge in [-0.1, -0.05) is 6.07 Å². The van der Waals surface area contributed by atoms with Crippen molar-refractivity contribution in [3.05, 3.63) is 23.8 Å². The summed E-state index contributed by atoms with van der Waals surface area (Å²) in [6.07, 6.45) is 1.69. The Bertz CT molecular complexity index is 586. The summed E-state index contributed by atoms with van der Waals surface area (Å²) in [7, 11) is 3.25. The predicted molar refractivity (Wildman–Crippen MR) is 102 cm³/mol. The SMILES string of the molecule is CCNC(=NCc1ccc(OC)c(OC)c1)NCC1(CCO)CCOC1. The average Bonchev–Trinajstić information content (AvgIpc) is 3.12. The van der Waals surface area contributed by atoms with E-state index in [4.69, 9.17) is 14.2 Å². The molecule has 0 radical (unpaired) electrons. The van der Waals surface area contributed by atoms with E-state index in [9.17, 15) is 5.11 Å². The normalized spacial score (nSPS) is 20.1. The fourth-order valence-corrected chi connectivity index (χ4v) is 3.07. The number of methoxy groups -OCH3 is 2. The van der Waals surface area contributed by atoms with Gasteiger partial charge in [0.05, 0.1) is 27.4 Å². The van der Waals surface area contributed by atoms with E-state index >= 15 is 0 Å². The summed E-state index contributed by atoms with van der Waals surface area (Å²) in [6, 6.07) is 5.80. The highest BCUT2D eigenvalue weighted by Gasteiger charge is 2.34. The molecule has 1 heterocycles. The van der Waals surface area contributed by atoms with Gasteiger partial charge < -0.3 is 30.0 Å². The lowest BCUT2D eigenvalue weighted by molar-refractivity contribution is 0.127. The maximum absolute atomic E-state index is 9.35. The smallest absolute Gasteiger partial charge is 0.191 e. The first-order valence-corrected chi connectivity index (χ1v) is 9.08. The van der Waals surface area contributed by atoms with E-state index in [2.05, 4.69) is 15.6 Å². The lowest BCUT2D eigenvalue weighted by atomic mass is 9.84. The summed E-state index contributed by atoms with van der Waals surface area (Å²) in [6.45, 7) is 5.67. The lowest BCUT2D eigenvalue weighted by Crippen LogP contribution is -2.44. The molecule has 1 unspecified atom stereocenters. The molecule has 1 atom stereocenters. The highest BCUT2D eigenvalue weighted by Crippen LogP contribution is 2.31. The summed E-state index contributed by atoms with van der Waals surface area (Å²) < 4.78 is 16.2. The van der Waals surface area contributed by atoms with Crippen molar-refractivity contribution in [3.63, 3.8) is 0 Å². The number of nitrogens with one attached hydrogen (secondary N) is 2. The van der Waals surface area contributed by atoms with Crippen LogP contribution >= 0.6 is 0 Å². The van der Waals surface area contributed by atoms with Gasteiger partial charge in [0.25, 0.3) is 0 Å². The zero-order valence-electron chi connectivity index (χ0n) is 16.0. The number of hydrogen-bond acceptors (Lipinski definition) is 5. The Balaban J connectivity index is 2.02. The van der Waals surface area contributed by atoms with Gasteiger partial charge >= 0.3 is 0 Å². The van der Waals surface area contributed by atoms with Crippen LogP contribution in [0, 0.1) is 5.41 Å².